The van der Waals surface area contributed by atoms with Gasteiger partial charge in [-0.15, -0.1) is 0 Å². The summed E-state index contributed by atoms with van der Waals surface area (Å²) in [7, 11) is 1.64. The van der Waals surface area contributed by atoms with Crippen molar-refractivity contribution in [2.75, 3.05) is 13.7 Å². The molecular formula is C24H30N4O4. The maximum atomic E-state index is 11.2. The van der Waals surface area contributed by atoms with Crippen LogP contribution >= 0.6 is 0 Å². The van der Waals surface area contributed by atoms with Gasteiger partial charge < -0.3 is 19.7 Å². The highest BCUT2D eigenvalue weighted by molar-refractivity contribution is 5.74. The van der Waals surface area contributed by atoms with Crippen LogP contribution in [0.25, 0.3) is 22.8 Å². The van der Waals surface area contributed by atoms with E-state index in [0.29, 0.717) is 36.2 Å². The number of carbonyl (C=O) groups is 1. The van der Waals surface area contributed by atoms with Crippen LogP contribution in [0.4, 0.5) is 0 Å². The van der Waals surface area contributed by atoms with Crippen LogP contribution in [-0.2, 0) is 11.2 Å². The number of hydrogen-bond donors (Lipinski definition) is 2. The van der Waals surface area contributed by atoms with Gasteiger partial charge in [0.2, 0.25) is 11.7 Å². The standard InChI is InChI=1S/C24H30N4O4/c1-3-4-5-6-7-14-31-21-13-12-19(16-26-21)23-27-22(28-32-23)18-10-8-17(9-11-18)15-20(25-2)24(29)30/h8-13,16,20,25H,3-7,14-15H2,1-2H3,(H,29,30). The summed E-state index contributed by atoms with van der Waals surface area (Å²) in [6.45, 7) is 2.87. The number of benzene rings is 1. The number of aliphatic carboxylic acids is 1. The van der Waals surface area contributed by atoms with E-state index < -0.39 is 12.0 Å². The van der Waals surface area contributed by atoms with Crippen molar-refractivity contribution >= 4 is 5.97 Å². The van der Waals surface area contributed by atoms with E-state index >= 15 is 0 Å². The van der Waals surface area contributed by atoms with Crippen LogP contribution in [0.15, 0.2) is 47.1 Å². The average molecular weight is 439 g/mol. The van der Waals surface area contributed by atoms with Gasteiger partial charge in [0, 0.05) is 17.8 Å². The first-order chi connectivity index (χ1) is 15.6. The molecule has 2 aromatic heterocycles. The normalized spacial score (nSPS) is 11.9. The van der Waals surface area contributed by atoms with Gasteiger partial charge in [0.1, 0.15) is 6.04 Å². The molecule has 8 heteroatoms. The van der Waals surface area contributed by atoms with Gasteiger partial charge >= 0.3 is 5.97 Å². The van der Waals surface area contributed by atoms with Crippen molar-refractivity contribution in [1.82, 2.24) is 20.4 Å². The smallest absolute Gasteiger partial charge is 0.321 e. The number of carboxylic acid groups (broad SMARTS) is 1. The van der Waals surface area contributed by atoms with Crippen LogP contribution in [0.5, 0.6) is 5.88 Å². The van der Waals surface area contributed by atoms with E-state index in [9.17, 15) is 4.79 Å². The molecule has 0 radical (unpaired) electrons. The molecule has 0 aliphatic carbocycles. The van der Waals surface area contributed by atoms with E-state index in [1.165, 1.54) is 25.7 Å². The predicted molar refractivity (Wildman–Crippen MR) is 121 cm³/mol. The average Bonchev–Trinajstić information content (AvgIpc) is 3.30. The van der Waals surface area contributed by atoms with Gasteiger partial charge in [0.15, 0.2) is 0 Å². The van der Waals surface area contributed by atoms with Crippen molar-refractivity contribution in [3.8, 4) is 28.7 Å². The van der Waals surface area contributed by atoms with Crippen LogP contribution in [0.3, 0.4) is 0 Å². The van der Waals surface area contributed by atoms with Crippen LogP contribution in [0, 0.1) is 0 Å². The topological polar surface area (TPSA) is 110 Å². The fourth-order valence-corrected chi connectivity index (χ4v) is 3.27. The quantitative estimate of drug-likeness (QED) is 0.379. The largest absolute Gasteiger partial charge is 0.480 e. The number of ether oxygens (including phenoxy) is 1. The molecule has 0 aliphatic heterocycles. The molecular weight excluding hydrogens is 408 g/mol. The third kappa shape index (κ3) is 6.62. The second-order valence-corrected chi connectivity index (χ2v) is 7.65. The van der Waals surface area contributed by atoms with Gasteiger partial charge in [-0.25, -0.2) is 4.98 Å². The van der Waals surface area contributed by atoms with Crippen LogP contribution in [0.2, 0.25) is 0 Å². The number of rotatable bonds is 13. The van der Waals surface area contributed by atoms with Gasteiger partial charge in [-0.3, -0.25) is 4.79 Å². The van der Waals surface area contributed by atoms with Gasteiger partial charge in [-0.2, -0.15) is 4.98 Å². The zero-order valence-electron chi connectivity index (χ0n) is 18.6. The van der Waals surface area contributed by atoms with Crippen molar-refractivity contribution in [3.05, 3.63) is 48.2 Å². The maximum Gasteiger partial charge on any atom is 0.321 e. The number of nitrogens with zero attached hydrogens (tertiary/aromatic N) is 3. The number of likely N-dealkylation sites (N-methyl/N-ethyl adjacent to an activating group) is 1. The van der Waals surface area contributed by atoms with Crippen molar-refractivity contribution in [2.45, 2.75) is 51.5 Å². The predicted octanol–water partition coefficient (Wildman–Crippen LogP) is 4.36. The Morgan fingerprint density at radius 3 is 2.50 bits per heavy atom. The highest BCUT2D eigenvalue weighted by atomic mass is 16.5. The minimum Gasteiger partial charge on any atom is -0.480 e. The Morgan fingerprint density at radius 2 is 1.84 bits per heavy atom. The van der Waals surface area contributed by atoms with Gasteiger partial charge in [-0.05, 0) is 31.5 Å². The minimum atomic E-state index is -0.878. The maximum absolute atomic E-state index is 11.2. The molecule has 2 heterocycles. The van der Waals surface area contributed by atoms with Gasteiger partial charge in [0.25, 0.3) is 5.89 Å². The number of nitrogens with one attached hydrogen (secondary N) is 1. The van der Waals surface area contributed by atoms with E-state index in [1.807, 2.05) is 30.3 Å². The molecule has 0 bridgehead atoms. The summed E-state index contributed by atoms with van der Waals surface area (Å²) in [4.78, 5) is 20.0. The molecule has 8 nitrogen and oxygen atoms in total. The molecule has 1 unspecified atom stereocenters. The summed E-state index contributed by atoms with van der Waals surface area (Å²) in [5.41, 5.74) is 2.41. The summed E-state index contributed by atoms with van der Waals surface area (Å²) in [5.74, 6) is 0.545. The van der Waals surface area contributed by atoms with Crippen molar-refractivity contribution < 1.29 is 19.2 Å². The second kappa shape index (κ2) is 12.0. The number of unbranched alkanes of at least 4 members (excludes halogenated alkanes) is 4. The molecule has 170 valence electrons. The first kappa shape index (κ1) is 23.4. The lowest BCUT2D eigenvalue weighted by Crippen LogP contribution is -2.35. The Morgan fingerprint density at radius 1 is 1.09 bits per heavy atom. The Balaban J connectivity index is 1.56. The van der Waals surface area contributed by atoms with Crippen LogP contribution in [-0.4, -0.2) is 45.9 Å². The van der Waals surface area contributed by atoms with Gasteiger partial charge in [-0.1, -0.05) is 62.0 Å². The third-order valence-electron chi connectivity index (χ3n) is 5.21. The first-order valence-electron chi connectivity index (χ1n) is 11.0. The molecule has 0 fully saturated rings. The molecule has 0 aliphatic rings. The molecule has 1 atom stereocenters. The summed E-state index contributed by atoms with van der Waals surface area (Å²) >= 11 is 0. The summed E-state index contributed by atoms with van der Waals surface area (Å²) in [6, 6.07) is 10.5. The Bertz CT molecular complexity index is 970. The molecule has 3 rings (SSSR count). The highest BCUT2D eigenvalue weighted by Gasteiger charge is 2.16. The molecule has 0 saturated heterocycles. The van der Waals surface area contributed by atoms with Gasteiger partial charge in [0.05, 0.1) is 12.2 Å². The lowest BCUT2D eigenvalue weighted by Gasteiger charge is -2.10. The Labute approximate surface area is 188 Å². The molecule has 0 saturated carbocycles. The minimum absolute atomic E-state index is 0.379. The van der Waals surface area contributed by atoms with Crippen molar-refractivity contribution in [1.29, 1.82) is 0 Å². The lowest BCUT2D eigenvalue weighted by molar-refractivity contribution is -0.139. The highest BCUT2D eigenvalue weighted by Crippen LogP contribution is 2.23. The van der Waals surface area contributed by atoms with E-state index in [1.54, 1.807) is 19.3 Å². The van der Waals surface area contributed by atoms with Crippen molar-refractivity contribution in [2.24, 2.45) is 0 Å². The second-order valence-electron chi connectivity index (χ2n) is 7.65. The molecule has 0 spiro atoms. The summed E-state index contributed by atoms with van der Waals surface area (Å²) in [5, 5.41) is 16.0. The lowest BCUT2D eigenvalue weighted by atomic mass is 10.0. The van der Waals surface area contributed by atoms with Crippen LogP contribution < -0.4 is 10.1 Å². The number of aromatic nitrogens is 3. The molecule has 32 heavy (non-hydrogen) atoms. The van der Waals surface area contributed by atoms with Crippen molar-refractivity contribution in [3.63, 3.8) is 0 Å². The number of carboxylic acids is 1. The summed E-state index contributed by atoms with van der Waals surface area (Å²) < 4.78 is 11.1. The Hall–Kier alpha value is -3.26. The molecule has 2 N–H and O–H groups in total. The molecule has 0 amide bonds. The first-order valence-corrected chi connectivity index (χ1v) is 11.0. The van der Waals surface area contributed by atoms with E-state index in [0.717, 1.165) is 17.5 Å². The number of hydrogen-bond acceptors (Lipinski definition) is 7. The fraction of sp³-hybridized carbons (Fsp3) is 0.417. The van der Waals surface area contributed by atoms with E-state index in [2.05, 4.69) is 27.4 Å². The van der Waals surface area contributed by atoms with Crippen LogP contribution in [0.1, 0.15) is 44.6 Å². The van der Waals surface area contributed by atoms with E-state index in [4.69, 9.17) is 14.4 Å². The number of pyridine rings is 1. The molecule has 1 aromatic carbocycles. The molecule has 3 aromatic rings. The summed E-state index contributed by atoms with van der Waals surface area (Å²) in [6.07, 6.45) is 8.00. The zero-order valence-corrected chi connectivity index (χ0v) is 18.6. The zero-order chi connectivity index (χ0) is 22.8. The Kier molecular flexibility index (Phi) is 8.74. The monoisotopic (exact) mass is 438 g/mol. The fourth-order valence-electron chi connectivity index (χ4n) is 3.27. The third-order valence-corrected chi connectivity index (χ3v) is 5.21. The SMILES string of the molecule is CCCCCCCOc1ccc(-c2nc(-c3ccc(CC(NC)C(=O)O)cc3)no2)cn1. The van der Waals surface area contributed by atoms with E-state index in [-0.39, 0.29) is 0 Å².